The van der Waals surface area contributed by atoms with Gasteiger partial charge in [0.15, 0.2) is 6.10 Å². The Morgan fingerprint density at radius 2 is 0.561 bits per heavy atom. The largest absolute Gasteiger partial charge is 0.462 e. The molecule has 0 heterocycles. The summed E-state index contributed by atoms with van der Waals surface area (Å²) in [6, 6.07) is 0. The molecule has 0 fully saturated rings. The molecule has 0 saturated heterocycles. The van der Waals surface area contributed by atoms with E-state index in [2.05, 4.69) is 69.4 Å². The third-order valence-corrected chi connectivity index (χ3v) is 12.5. The van der Waals surface area contributed by atoms with E-state index < -0.39 is 6.10 Å². The van der Waals surface area contributed by atoms with Crippen LogP contribution in [0.25, 0.3) is 0 Å². The highest BCUT2D eigenvalue weighted by molar-refractivity contribution is 5.71. The van der Waals surface area contributed by atoms with E-state index >= 15 is 0 Å². The molecule has 0 amide bonds. The average molecular weight is 926 g/mol. The molecule has 6 heteroatoms. The Morgan fingerprint density at radius 3 is 0.924 bits per heavy atom. The van der Waals surface area contributed by atoms with Crippen molar-refractivity contribution >= 4 is 17.9 Å². The summed E-state index contributed by atoms with van der Waals surface area (Å²) in [6.45, 7) is 6.57. The quantitative estimate of drug-likeness (QED) is 0.0262. The number of carbonyl (C=O) groups is 3. The second kappa shape index (κ2) is 55.0. The van der Waals surface area contributed by atoms with Crippen LogP contribution < -0.4 is 0 Å². The summed E-state index contributed by atoms with van der Waals surface area (Å²) in [5, 5.41) is 0. The smallest absolute Gasteiger partial charge is 0.306 e. The van der Waals surface area contributed by atoms with E-state index in [9.17, 15) is 14.4 Å². The lowest BCUT2D eigenvalue weighted by molar-refractivity contribution is -0.167. The van der Waals surface area contributed by atoms with Crippen LogP contribution in [0, 0.1) is 0 Å². The molecule has 0 aliphatic rings. The van der Waals surface area contributed by atoms with E-state index in [4.69, 9.17) is 14.2 Å². The number of hydrogen-bond donors (Lipinski definition) is 0. The van der Waals surface area contributed by atoms with Crippen LogP contribution in [-0.2, 0) is 28.6 Å². The Kier molecular flexibility index (Phi) is 52.8. The molecule has 0 radical (unpaired) electrons. The maximum Gasteiger partial charge on any atom is 0.306 e. The number of allylic oxidation sites excluding steroid dienone is 8. The molecule has 0 saturated carbocycles. The lowest BCUT2D eigenvalue weighted by Crippen LogP contribution is -2.30. The first-order valence-corrected chi connectivity index (χ1v) is 28.6. The van der Waals surface area contributed by atoms with Gasteiger partial charge in [0.2, 0.25) is 0 Å². The fourth-order valence-electron chi connectivity index (χ4n) is 8.15. The van der Waals surface area contributed by atoms with Crippen molar-refractivity contribution in [2.75, 3.05) is 13.2 Å². The molecule has 0 aliphatic heterocycles. The Balaban J connectivity index is 4.19. The maximum atomic E-state index is 12.8. The highest BCUT2D eigenvalue weighted by Crippen LogP contribution is 2.16. The summed E-state index contributed by atoms with van der Waals surface area (Å²) < 4.78 is 16.8. The van der Waals surface area contributed by atoms with Crippen molar-refractivity contribution in [2.45, 2.75) is 303 Å². The highest BCUT2D eigenvalue weighted by atomic mass is 16.6. The van der Waals surface area contributed by atoms with Crippen molar-refractivity contribution in [2.24, 2.45) is 0 Å². The number of unbranched alkanes of at least 4 members (excludes halogenated alkanes) is 33. The first-order valence-electron chi connectivity index (χ1n) is 28.6. The maximum absolute atomic E-state index is 12.8. The zero-order chi connectivity index (χ0) is 47.9. The predicted molar refractivity (Wildman–Crippen MR) is 284 cm³/mol. The summed E-state index contributed by atoms with van der Waals surface area (Å²) in [4.78, 5) is 38.0. The van der Waals surface area contributed by atoms with Gasteiger partial charge in [-0.15, -0.1) is 0 Å². The van der Waals surface area contributed by atoms with Gasteiger partial charge in [-0.1, -0.05) is 230 Å². The monoisotopic (exact) mass is 925 g/mol. The van der Waals surface area contributed by atoms with Crippen LogP contribution in [0.3, 0.4) is 0 Å². The van der Waals surface area contributed by atoms with E-state index in [1.54, 1.807) is 0 Å². The minimum atomic E-state index is -0.778. The van der Waals surface area contributed by atoms with Gasteiger partial charge in [0.1, 0.15) is 13.2 Å². The summed E-state index contributed by atoms with van der Waals surface area (Å²) in [5.74, 6) is -0.889. The Hall–Kier alpha value is -2.63. The van der Waals surface area contributed by atoms with E-state index in [1.807, 2.05) is 0 Å². The van der Waals surface area contributed by atoms with Gasteiger partial charge >= 0.3 is 17.9 Å². The lowest BCUT2D eigenvalue weighted by Gasteiger charge is -2.18. The van der Waals surface area contributed by atoms with Gasteiger partial charge in [0.25, 0.3) is 0 Å². The van der Waals surface area contributed by atoms with Crippen molar-refractivity contribution in [3.63, 3.8) is 0 Å². The van der Waals surface area contributed by atoms with Crippen molar-refractivity contribution in [1.29, 1.82) is 0 Å². The molecule has 1 unspecified atom stereocenters. The van der Waals surface area contributed by atoms with Crippen LogP contribution in [0.2, 0.25) is 0 Å². The van der Waals surface area contributed by atoms with Crippen molar-refractivity contribution in [1.82, 2.24) is 0 Å². The molecule has 384 valence electrons. The van der Waals surface area contributed by atoms with E-state index in [0.29, 0.717) is 19.3 Å². The second-order valence-corrected chi connectivity index (χ2v) is 19.2. The first kappa shape index (κ1) is 63.4. The van der Waals surface area contributed by atoms with Crippen LogP contribution in [0.1, 0.15) is 297 Å². The number of rotatable bonds is 52. The molecule has 0 aliphatic carbocycles. The summed E-state index contributed by atoms with van der Waals surface area (Å²) >= 11 is 0. The fourth-order valence-corrected chi connectivity index (χ4v) is 8.15. The van der Waals surface area contributed by atoms with Gasteiger partial charge in [-0.3, -0.25) is 14.4 Å². The minimum Gasteiger partial charge on any atom is -0.462 e. The molecular weight excluding hydrogens is 817 g/mol. The van der Waals surface area contributed by atoms with Crippen LogP contribution in [0.4, 0.5) is 0 Å². The Morgan fingerprint density at radius 1 is 0.303 bits per heavy atom. The van der Waals surface area contributed by atoms with Gasteiger partial charge in [0.05, 0.1) is 0 Å². The van der Waals surface area contributed by atoms with Gasteiger partial charge in [0, 0.05) is 19.3 Å². The van der Waals surface area contributed by atoms with Crippen LogP contribution in [0.15, 0.2) is 48.6 Å². The zero-order valence-electron chi connectivity index (χ0n) is 44.0. The molecule has 0 aromatic heterocycles. The first-order chi connectivity index (χ1) is 32.5. The van der Waals surface area contributed by atoms with Crippen molar-refractivity contribution < 1.29 is 28.6 Å². The van der Waals surface area contributed by atoms with Gasteiger partial charge in [-0.2, -0.15) is 0 Å². The third kappa shape index (κ3) is 52.3. The van der Waals surface area contributed by atoms with Crippen LogP contribution in [0.5, 0.6) is 0 Å². The zero-order valence-corrected chi connectivity index (χ0v) is 44.0. The number of carbonyl (C=O) groups excluding carboxylic acids is 3. The number of hydrogen-bond acceptors (Lipinski definition) is 6. The summed E-state index contributed by atoms with van der Waals surface area (Å²) in [7, 11) is 0. The van der Waals surface area contributed by atoms with E-state index in [0.717, 1.165) is 83.5 Å². The van der Waals surface area contributed by atoms with Crippen molar-refractivity contribution in [3.05, 3.63) is 48.6 Å². The molecule has 0 aromatic carbocycles. The highest BCUT2D eigenvalue weighted by Gasteiger charge is 2.19. The van der Waals surface area contributed by atoms with E-state index in [1.165, 1.54) is 173 Å². The Labute approximate surface area is 409 Å². The second-order valence-electron chi connectivity index (χ2n) is 19.2. The molecule has 0 N–H and O–H groups in total. The topological polar surface area (TPSA) is 78.9 Å². The van der Waals surface area contributed by atoms with Crippen molar-refractivity contribution in [3.8, 4) is 0 Å². The molecule has 0 spiro atoms. The molecule has 0 bridgehead atoms. The summed E-state index contributed by atoms with van der Waals surface area (Å²) in [5.41, 5.74) is 0. The average Bonchev–Trinajstić information content (AvgIpc) is 3.31. The predicted octanol–water partition coefficient (Wildman–Crippen LogP) is 19.0. The number of ether oxygens (including phenoxy) is 3. The molecular formula is C60H108O6. The van der Waals surface area contributed by atoms with Gasteiger partial charge in [-0.25, -0.2) is 0 Å². The van der Waals surface area contributed by atoms with Gasteiger partial charge < -0.3 is 14.2 Å². The summed E-state index contributed by atoms with van der Waals surface area (Å²) in [6.07, 6.45) is 66.8. The molecule has 66 heavy (non-hydrogen) atoms. The normalized spacial score (nSPS) is 12.3. The van der Waals surface area contributed by atoms with Gasteiger partial charge in [-0.05, 0) is 96.3 Å². The van der Waals surface area contributed by atoms with Crippen LogP contribution >= 0.6 is 0 Å². The minimum absolute atomic E-state index is 0.0779. The standard InChI is InChI=1S/C60H108O6/c1-4-7-10-13-16-19-22-24-25-26-27-28-29-30-31-32-33-34-35-36-39-41-44-47-50-53-59(62)65-56-57(55-64-58(61)52-49-46-43-40-37-21-18-15-12-9-6-3)66-60(63)54-51-48-45-42-38-23-20-17-14-11-8-5-2/h15,17-18,20,22,24,26-27,57H,4-14,16,19,21,23,25,28-56H2,1-3H3/b18-15-,20-17-,24-22-,27-26-. The molecule has 0 rings (SSSR count). The molecule has 1 atom stereocenters. The SMILES string of the molecule is CCCC/C=C\CCCCCCCC(=O)OCC(COC(=O)CCCCCCCCCCCCCCC/C=C\C/C=C\CCCCCCC)OC(=O)CCCCCCC/C=C\CCCCC. The Bertz CT molecular complexity index is 1150. The molecule has 6 nitrogen and oxygen atoms in total. The van der Waals surface area contributed by atoms with Crippen LogP contribution in [-0.4, -0.2) is 37.2 Å². The fraction of sp³-hybridized carbons (Fsp3) is 0.817. The third-order valence-electron chi connectivity index (χ3n) is 12.5. The number of esters is 3. The molecule has 0 aromatic rings. The van der Waals surface area contributed by atoms with E-state index in [-0.39, 0.29) is 31.1 Å². The lowest BCUT2D eigenvalue weighted by atomic mass is 10.0.